The van der Waals surface area contributed by atoms with Gasteiger partial charge in [0.25, 0.3) is 0 Å². The zero-order chi connectivity index (χ0) is 14.9. The average Bonchev–Trinajstić information content (AvgIpc) is 3.26. The summed E-state index contributed by atoms with van der Waals surface area (Å²) in [5.41, 5.74) is 2.25. The maximum Gasteiger partial charge on any atom is 0.240 e. The van der Waals surface area contributed by atoms with Crippen LogP contribution in [-0.2, 0) is 15.4 Å². The van der Waals surface area contributed by atoms with E-state index >= 15 is 0 Å². The van der Waals surface area contributed by atoms with E-state index in [0.717, 1.165) is 17.3 Å². The molecule has 0 saturated heterocycles. The van der Waals surface area contributed by atoms with Gasteiger partial charge in [-0.3, -0.25) is 0 Å². The maximum atomic E-state index is 12.3. The van der Waals surface area contributed by atoms with Crippen LogP contribution in [0.1, 0.15) is 23.5 Å². The molecule has 2 aromatic carbocycles. The molecule has 5 heteroatoms. The highest BCUT2D eigenvalue weighted by Gasteiger charge is 2.41. The maximum absolute atomic E-state index is 12.3. The fourth-order valence-corrected chi connectivity index (χ4v) is 4.08. The van der Waals surface area contributed by atoms with Crippen molar-refractivity contribution in [2.75, 3.05) is 0 Å². The number of halogens is 1. The predicted molar refractivity (Wildman–Crippen MR) is 87.0 cm³/mol. The van der Waals surface area contributed by atoms with Crippen LogP contribution in [0.25, 0.3) is 0 Å². The second-order valence-corrected chi connectivity index (χ2v) is 7.53. The lowest BCUT2D eigenvalue weighted by molar-refractivity contribution is 0.580. The van der Waals surface area contributed by atoms with E-state index in [4.69, 9.17) is 0 Å². The molecule has 21 heavy (non-hydrogen) atoms. The predicted octanol–water partition coefficient (Wildman–Crippen LogP) is 3.42. The molecule has 0 amide bonds. The monoisotopic (exact) mass is 365 g/mol. The summed E-state index contributed by atoms with van der Waals surface area (Å²) < 4.78 is 27.5. The van der Waals surface area contributed by atoms with Gasteiger partial charge in [-0.05, 0) is 29.7 Å². The van der Waals surface area contributed by atoms with Gasteiger partial charge in [-0.25, -0.2) is 13.1 Å². The van der Waals surface area contributed by atoms with Crippen LogP contribution in [0, 0.1) is 0 Å². The van der Waals surface area contributed by atoms with E-state index in [1.165, 1.54) is 5.56 Å². The fourth-order valence-electron chi connectivity index (χ4n) is 2.42. The largest absolute Gasteiger partial charge is 0.240 e. The number of hydrogen-bond acceptors (Lipinski definition) is 2. The molecule has 0 aliphatic heterocycles. The lowest BCUT2D eigenvalue weighted by atomic mass is 10.1. The lowest BCUT2D eigenvalue weighted by Gasteiger charge is -2.07. The first-order valence-corrected chi connectivity index (χ1v) is 9.43. The molecule has 2 aromatic rings. The number of benzene rings is 2. The number of nitrogens with one attached hydrogen (secondary N) is 1. The van der Waals surface area contributed by atoms with Gasteiger partial charge in [0.2, 0.25) is 10.0 Å². The molecule has 1 aliphatic carbocycles. The number of rotatable bonds is 5. The molecular weight excluding hydrogens is 350 g/mol. The molecule has 1 aliphatic rings. The van der Waals surface area contributed by atoms with Crippen molar-refractivity contribution >= 4 is 26.0 Å². The molecule has 0 bridgehead atoms. The summed E-state index contributed by atoms with van der Waals surface area (Å²) in [6.07, 6.45) is 0.864. The highest BCUT2D eigenvalue weighted by Crippen LogP contribution is 2.41. The van der Waals surface area contributed by atoms with Crippen LogP contribution >= 0.6 is 15.9 Å². The molecule has 0 aromatic heterocycles. The quantitative estimate of drug-likeness (QED) is 0.825. The van der Waals surface area contributed by atoms with Crippen molar-refractivity contribution in [2.24, 2.45) is 0 Å². The van der Waals surface area contributed by atoms with Crippen molar-refractivity contribution in [1.29, 1.82) is 0 Å². The van der Waals surface area contributed by atoms with Gasteiger partial charge in [0.1, 0.15) is 0 Å². The van der Waals surface area contributed by atoms with Crippen molar-refractivity contribution in [2.45, 2.75) is 28.6 Å². The molecule has 2 atom stereocenters. The third-order valence-corrected chi connectivity index (χ3v) is 5.87. The van der Waals surface area contributed by atoms with Crippen molar-refractivity contribution in [3.05, 3.63) is 65.7 Å². The molecule has 110 valence electrons. The minimum atomic E-state index is -3.43. The van der Waals surface area contributed by atoms with Gasteiger partial charge >= 0.3 is 0 Å². The van der Waals surface area contributed by atoms with E-state index in [9.17, 15) is 8.42 Å². The summed E-state index contributed by atoms with van der Waals surface area (Å²) in [5.74, 6) is 0.294. The van der Waals surface area contributed by atoms with Crippen molar-refractivity contribution in [3.8, 4) is 0 Å². The summed E-state index contributed by atoms with van der Waals surface area (Å²) >= 11 is 3.35. The Hall–Kier alpha value is -1.17. The van der Waals surface area contributed by atoms with E-state index < -0.39 is 10.0 Å². The molecule has 1 N–H and O–H groups in total. The summed E-state index contributed by atoms with van der Waals surface area (Å²) in [4.78, 5) is 0.325. The Morgan fingerprint density at radius 1 is 1.05 bits per heavy atom. The third kappa shape index (κ3) is 3.36. The fraction of sp³-hybridized carbons (Fsp3) is 0.250. The second-order valence-electron chi connectivity index (χ2n) is 5.26. The molecule has 3 nitrogen and oxygen atoms in total. The van der Waals surface area contributed by atoms with Crippen LogP contribution in [0.3, 0.4) is 0 Å². The van der Waals surface area contributed by atoms with Crippen molar-refractivity contribution in [3.63, 3.8) is 0 Å². The van der Waals surface area contributed by atoms with Crippen LogP contribution in [-0.4, -0.2) is 14.5 Å². The summed E-state index contributed by atoms with van der Waals surface area (Å²) in [6, 6.07) is 17.0. The number of sulfonamides is 1. The minimum Gasteiger partial charge on any atom is -0.207 e. The Kier molecular flexibility index (Phi) is 4.15. The Morgan fingerprint density at radius 2 is 1.71 bits per heavy atom. The highest BCUT2D eigenvalue weighted by atomic mass is 79.9. The van der Waals surface area contributed by atoms with E-state index in [1.54, 1.807) is 12.1 Å². The first-order chi connectivity index (χ1) is 10.1. The summed E-state index contributed by atoms with van der Waals surface area (Å²) in [5, 5.41) is 0.722. The Bertz CT molecular complexity index is 714. The second kappa shape index (κ2) is 5.91. The molecule has 1 saturated carbocycles. The van der Waals surface area contributed by atoms with Gasteiger partial charge in [0, 0.05) is 17.3 Å². The SMILES string of the molecule is O=S(=O)(NC1CC1c1ccccc1)c1ccc(CBr)cc1. The summed E-state index contributed by atoms with van der Waals surface area (Å²) in [6.45, 7) is 0. The molecule has 1 fully saturated rings. The molecular formula is C16H16BrNO2S. The van der Waals surface area contributed by atoms with E-state index in [1.807, 2.05) is 42.5 Å². The van der Waals surface area contributed by atoms with Gasteiger partial charge in [-0.1, -0.05) is 58.4 Å². The Labute approximate surface area is 133 Å². The topological polar surface area (TPSA) is 46.2 Å². The number of hydrogen-bond donors (Lipinski definition) is 1. The van der Waals surface area contributed by atoms with Crippen molar-refractivity contribution < 1.29 is 8.42 Å². The molecule has 0 heterocycles. The highest BCUT2D eigenvalue weighted by molar-refractivity contribution is 9.08. The van der Waals surface area contributed by atoms with Gasteiger partial charge in [-0.2, -0.15) is 0 Å². The van der Waals surface area contributed by atoms with Gasteiger partial charge in [0.15, 0.2) is 0 Å². The standard InChI is InChI=1S/C16H16BrNO2S/c17-11-12-6-8-14(9-7-12)21(19,20)18-16-10-15(16)13-4-2-1-3-5-13/h1-9,15-16,18H,10-11H2. The third-order valence-electron chi connectivity index (χ3n) is 3.71. The smallest absolute Gasteiger partial charge is 0.207 e. The normalized spacial score (nSPS) is 21.2. The van der Waals surface area contributed by atoms with Crippen LogP contribution in [0.5, 0.6) is 0 Å². The first kappa shape index (κ1) is 14.8. The zero-order valence-electron chi connectivity index (χ0n) is 11.4. The van der Waals surface area contributed by atoms with Gasteiger partial charge in [-0.15, -0.1) is 0 Å². The molecule has 2 unspecified atom stereocenters. The molecule has 3 rings (SSSR count). The van der Waals surface area contributed by atoms with Gasteiger partial charge < -0.3 is 0 Å². The zero-order valence-corrected chi connectivity index (χ0v) is 13.8. The molecule has 0 radical (unpaired) electrons. The van der Waals surface area contributed by atoms with E-state index in [2.05, 4.69) is 20.7 Å². The van der Waals surface area contributed by atoms with Crippen LogP contribution < -0.4 is 4.72 Å². The molecule has 0 spiro atoms. The van der Waals surface area contributed by atoms with E-state index in [0.29, 0.717) is 10.8 Å². The van der Waals surface area contributed by atoms with E-state index in [-0.39, 0.29) is 6.04 Å². The van der Waals surface area contributed by atoms with Crippen molar-refractivity contribution in [1.82, 2.24) is 4.72 Å². The van der Waals surface area contributed by atoms with Gasteiger partial charge in [0.05, 0.1) is 4.90 Å². The van der Waals surface area contributed by atoms with Crippen LogP contribution in [0.4, 0.5) is 0 Å². The average molecular weight is 366 g/mol. The minimum absolute atomic E-state index is 0.00764. The van der Waals surface area contributed by atoms with Crippen LogP contribution in [0.15, 0.2) is 59.5 Å². The first-order valence-electron chi connectivity index (χ1n) is 6.82. The Morgan fingerprint density at radius 3 is 2.33 bits per heavy atom. The Balaban J connectivity index is 1.70. The summed E-state index contributed by atoms with van der Waals surface area (Å²) in [7, 11) is -3.43. The number of alkyl halides is 1. The lowest BCUT2D eigenvalue weighted by Crippen LogP contribution is -2.26. The van der Waals surface area contributed by atoms with Crippen LogP contribution in [0.2, 0.25) is 0 Å².